The van der Waals surface area contributed by atoms with Crippen molar-refractivity contribution < 1.29 is 28.6 Å². The van der Waals surface area contributed by atoms with Gasteiger partial charge in [-0.25, -0.2) is 4.98 Å². The first-order valence-corrected chi connectivity index (χ1v) is 15.3. The Morgan fingerprint density at radius 1 is 1.13 bits per heavy atom. The molecule has 0 radical (unpaired) electrons. The number of hydrogen-bond donors (Lipinski definition) is 2. The Balaban J connectivity index is 0.934. The summed E-state index contributed by atoms with van der Waals surface area (Å²) in [5, 5.41) is 14.4. The first-order chi connectivity index (χ1) is 21.8. The van der Waals surface area contributed by atoms with Crippen LogP contribution in [0.15, 0.2) is 47.2 Å². The molecule has 1 saturated heterocycles. The highest BCUT2D eigenvalue weighted by atomic mass is 16.5. The molecule has 1 saturated carbocycles. The Morgan fingerprint density at radius 2 is 1.91 bits per heavy atom. The summed E-state index contributed by atoms with van der Waals surface area (Å²) in [7, 11) is 1.39. The van der Waals surface area contributed by atoms with E-state index in [4.69, 9.17) is 24.5 Å². The van der Waals surface area contributed by atoms with Crippen LogP contribution in [0.2, 0.25) is 0 Å². The monoisotopic (exact) mass is 614 g/mol. The highest BCUT2D eigenvalue weighted by Gasteiger charge is 2.34. The lowest BCUT2D eigenvalue weighted by molar-refractivity contribution is -0.144. The van der Waals surface area contributed by atoms with Crippen LogP contribution in [0.25, 0.3) is 17.0 Å². The van der Waals surface area contributed by atoms with Gasteiger partial charge in [0.15, 0.2) is 11.6 Å². The van der Waals surface area contributed by atoms with Gasteiger partial charge in [0.05, 0.1) is 36.7 Å². The highest BCUT2D eigenvalue weighted by molar-refractivity contribution is 5.77. The normalized spacial score (nSPS) is 19.2. The molecule has 1 aliphatic carbocycles. The van der Waals surface area contributed by atoms with Crippen LogP contribution in [-0.4, -0.2) is 75.7 Å². The summed E-state index contributed by atoms with van der Waals surface area (Å²) in [6.45, 7) is 5.82. The second-order valence-corrected chi connectivity index (χ2v) is 11.9. The average Bonchev–Trinajstić information content (AvgIpc) is 3.65. The molecule has 2 aliphatic rings. The van der Waals surface area contributed by atoms with E-state index in [1.165, 1.54) is 7.11 Å². The van der Waals surface area contributed by atoms with Crippen molar-refractivity contribution in [3.63, 3.8) is 0 Å². The van der Waals surface area contributed by atoms with Gasteiger partial charge in [-0.05, 0) is 30.9 Å². The van der Waals surface area contributed by atoms with Crippen LogP contribution in [-0.2, 0) is 19.0 Å². The Labute approximate surface area is 261 Å². The number of benzene rings is 1. The summed E-state index contributed by atoms with van der Waals surface area (Å²) in [6.07, 6.45) is 7.55. The van der Waals surface area contributed by atoms with Crippen molar-refractivity contribution >= 4 is 23.4 Å². The maximum atomic E-state index is 12.2. The molecule has 1 atom stereocenters. The number of carbonyl (C=O) groups is 1. The number of phenols is 1. The molecule has 236 valence electrons. The van der Waals surface area contributed by atoms with E-state index in [9.17, 15) is 9.90 Å². The number of phenolic OH excluding ortho intramolecular Hbond substituents is 1. The second kappa shape index (κ2) is 13.2. The number of aromatic hydroxyl groups is 1. The molecule has 12 heteroatoms. The molecule has 0 spiro atoms. The molecule has 6 rings (SSSR count). The van der Waals surface area contributed by atoms with Crippen LogP contribution in [0, 0.1) is 17.8 Å². The molecule has 12 nitrogen and oxygen atoms in total. The molecule has 3 N–H and O–H groups in total. The summed E-state index contributed by atoms with van der Waals surface area (Å²) in [6, 6.07) is 8.87. The maximum Gasteiger partial charge on any atom is 0.316 e. The van der Waals surface area contributed by atoms with Crippen LogP contribution >= 0.6 is 0 Å². The molecular formula is C33H38N6O6. The number of fused-ring (bicyclic) bond motifs is 1. The quantitative estimate of drug-likeness (QED) is 0.207. The molecule has 45 heavy (non-hydrogen) atoms. The molecule has 0 amide bonds. The zero-order valence-corrected chi connectivity index (χ0v) is 25.7. The Bertz CT molecular complexity index is 1710. The number of methoxy groups -OCH3 is 1. The zero-order valence-electron chi connectivity index (χ0n) is 25.7. The van der Waals surface area contributed by atoms with Gasteiger partial charge >= 0.3 is 5.97 Å². The fourth-order valence-electron chi connectivity index (χ4n) is 5.82. The molecule has 4 aromatic rings. The summed E-state index contributed by atoms with van der Waals surface area (Å²) >= 11 is 0. The number of carbonyl (C=O) groups excluding carboxylic acids is 1. The fourth-order valence-corrected chi connectivity index (χ4v) is 5.82. The number of piperidine rings is 1. The third-order valence-corrected chi connectivity index (χ3v) is 8.42. The minimum atomic E-state index is -0.468. The molecule has 2 fully saturated rings. The third-order valence-electron chi connectivity index (χ3n) is 8.42. The van der Waals surface area contributed by atoms with E-state index in [2.05, 4.69) is 31.9 Å². The van der Waals surface area contributed by atoms with E-state index in [1.54, 1.807) is 35.0 Å². The van der Waals surface area contributed by atoms with Crippen LogP contribution in [0.1, 0.15) is 56.8 Å². The Kier molecular flexibility index (Phi) is 8.91. The van der Waals surface area contributed by atoms with Gasteiger partial charge in [-0.1, -0.05) is 43.0 Å². The van der Waals surface area contributed by atoms with Crippen LogP contribution in [0.3, 0.4) is 0 Å². The minimum absolute atomic E-state index is 0.0420. The second-order valence-electron chi connectivity index (χ2n) is 11.9. The van der Waals surface area contributed by atoms with Gasteiger partial charge in [-0.3, -0.25) is 9.20 Å². The minimum Gasteiger partial charge on any atom is -0.507 e. The lowest BCUT2D eigenvalue weighted by Crippen LogP contribution is -2.43. The molecule has 0 bridgehead atoms. The number of imidazole rings is 1. The molecule has 1 aromatic carbocycles. The highest BCUT2D eigenvalue weighted by Crippen LogP contribution is 2.33. The molecule has 1 aliphatic heterocycles. The summed E-state index contributed by atoms with van der Waals surface area (Å²) in [5.74, 6) is 7.51. The summed E-state index contributed by atoms with van der Waals surface area (Å²) in [4.78, 5) is 23.2. The number of anilines is 2. The third kappa shape index (κ3) is 6.74. The smallest absolute Gasteiger partial charge is 0.316 e. The Hall–Kier alpha value is -4.60. The number of para-hydroxylation sites is 1. The number of hydrogen-bond acceptors (Lipinski definition) is 11. The number of nitrogens with zero attached hydrogens (tertiary/aromatic N) is 5. The molecular weight excluding hydrogens is 576 g/mol. The maximum absolute atomic E-state index is 12.2. The number of esters is 1. The SMILES string of the molecule is COC(=O)C(c1cc(N2CCC(O[C@H]3C[C@H](OCC#Cc4cn5cc(-c6ccccc6O)nc5nc4N)C3)CC2)no1)C(C)C. The van der Waals surface area contributed by atoms with Crippen LogP contribution < -0.4 is 10.6 Å². The van der Waals surface area contributed by atoms with E-state index in [0.717, 1.165) is 44.6 Å². The number of nitrogen functional groups attached to an aromatic ring is 1. The van der Waals surface area contributed by atoms with Crippen molar-refractivity contribution in [2.45, 2.75) is 63.8 Å². The molecule has 1 unspecified atom stereocenters. The zero-order chi connectivity index (χ0) is 31.5. The van der Waals surface area contributed by atoms with Crippen molar-refractivity contribution in [2.24, 2.45) is 5.92 Å². The topological polar surface area (TPSA) is 150 Å². The number of rotatable bonds is 9. The van der Waals surface area contributed by atoms with Gasteiger partial charge in [-0.2, -0.15) is 4.98 Å². The predicted octanol–water partition coefficient (Wildman–Crippen LogP) is 4.17. The average molecular weight is 615 g/mol. The molecule has 4 heterocycles. The van der Waals surface area contributed by atoms with Gasteiger partial charge in [-0.15, -0.1) is 0 Å². The van der Waals surface area contributed by atoms with E-state index in [0.29, 0.717) is 28.4 Å². The van der Waals surface area contributed by atoms with Gasteiger partial charge in [0.25, 0.3) is 0 Å². The van der Waals surface area contributed by atoms with E-state index >= 15 is 0 Å². The fraction of sp³-hybridized carbons (Fsp3) is 0.455. The first kappa shape index (κ1) is 30.4. The van der Waals surface area contributed by atoms with Gasteiger partial charge < -0.3 is 34.5 Å². The molecule has 3 aromatic heterocycles. The summed E-state index contributed by atoms with van der Waals surface area (Å²) < 4.78 is 24.5. The van der Waals surface area contributed by atoms with Crippen molar-refractivity contribution in [3.05, 3.63) is 54.0 Å². The van der Waals surface area contributed by atoms with E-state index < -0.39 is 5.92 Å². The lowest BCUT2D eigenvalue weighted by Gasteiger charge is -2.39. The van der Waals surface area contributed by atoms with Crippen molar-refractivity contribution in [2.75, 3.05) is 37.4 Å². The predicted molar refractivity (Wildman–Crippen MR) is 167 cm³/mol. The van der Waals surface area contributed by atoms with Gasteiger partial charge in [0.1, 0.15) is 24.1 Å². The van der Waals surface area contributed by atoms with E-state index in [1.807, 2.05) is 26.0 Å². The van der Waals surface area contributed by atoms with Crippen LogP contribution in [0.4, 0.5) is 11.6 Å². The van der Waals surface area contributed by atoms with Gasteiger partial charge in [0.2, 0.25) is 5.78 Å². The summed E-state index contributed by atoms with van der Waals surface area (Å²) in [5.41, 5.74) is 7.93. The van der Waals surface area contributed by atoms with Crippen molar-refractivity contribution in [1.29, 1.82) is 0 Å². The number of aromatic nitrogens is 4. The number of nitrogens with two attached hydrogens (primary N) is 1. The first-order valence-electron chi connectivity index (χ1n) is 15.3. The largest absolute Gasteiger partial charge is 0.507 e. The number of ether oxygens (including phenoxy) is 3. The lowest BCUT2D eigenvalue weighted by atomic mass is 9.91. The van der Waals surface area contributed by atoms with Crippen LogP contribution in [0.5, 0.6) is 5.75 Å². The van der Waals surface area contributed by atoms with Gasteiger partial charge in [0, 0.05) is 50.0 Å². The Morgan fingerprint density at radius 3 is 2.64 bits per heavy atom. The van der Waals surface area contributed by atoms with Crippen molar-refractivity contribution in [1.82, 2.24) is 19.5 Å². The van der Waals surface area contributed by atoms with E-state index in [-0.39, 0.29) is 48.4 Å². The van der Waals surface area contributed by atoms with Crippen molar-refractivity contribution in [3.8, 4) is 28.8 Å². The standard InChI is InChI=1S/C33H38N6O6/c1-20(2)30(32(41)42-3)28-17-29(37-45-28)38-12-10-22(11-13-38)44-24-15-23(16-24)43-14-6-7-21-18-39-19-26(35-33(39)36-31(21)34)25-8-4-5-9-27(25)40/h4-5,8-9,17-20,22-24,30,40H,10-16H2,1-3H3,(H2,34,35,36)/t23-,24-,30?.